The Kier molecular flexibility index (Phi) is 2.33. The predicted octanol–water partition coefficient (Wildman–Crippen LogP) is 0.310. The molecule has 0 spiro atoms. The first kappa shape index (κ1) is 10.3. The summed E-state index contributed by atoms with van der Waals surface area (Å²) in [5, 5.41) is 5.59. The number of carbonyl (C=O) groups is 2. The molecular formula is C12H12N2O3. The van der Waals surface area contributed by atoms with Gasteiger partial charge in [-0.1, -0.05) is 6.07 Å². The molecule has 1 aromatic carbocycles. The minimum atomic E-state index is -0.123. The number of rotatable bonds is 2. The number of anilines is 1. The molecule has 0 aliphatic carbocycles. The molecule has 0 unspecified atom stereocenters. The van der Waals surface area contributed by atoms with E-state index in [2.05, 4.69) is 10.6 Å². The maximum atomic E-state index is 11.8. The summed E-state index contributed by atoms with van der Waals surface area (Å²) in [6.07, 6.45) is 0.397. The number of benzene rings is 1. The average molecular weight is 232 g/mol. The molecule has 2 amide bonds. The van der Waals surface area contributed by atoms with E-state index in [1.54, 1.807) is 12.1 Å². The molecule has 0 radical (unpaired) electrons. The van der Waals surface area contributed by atoms with Crippen molar-refractivity contribution in [1.82, 2.24) is 5.32 Å². The van der Waals surface area contributed by atoms with Crippen LogP contribution >= 0.6 is 0 Å². The van der Waals surface area contributed by atoms with Crippen LogP contribution in [0, 0.1) is 0 Å². The number of hydrogen-bond acceptors (Lipinski definition) is 3. The van der Waals surface area contributed by atoms with E-state index in [-0.39, 0.29) is 17.9 Å². The number of ether oxygens (including phenoxy) is 1. The zero-order chi connectivity index (χ0) is 11.8. The van der Waals surface area contributed by atoms with Crippen molar-refractivity contribution in [3.8, 4) is 0 Å². The van der Waals surface area contributed by atoms with E-state index < -0.39 is 0 Å². The van der Waals surface area contributed by atoms with Crippen LogP contribution < -0.4 is 10.6 Å². The van der Waals surface area contributed by atoms with Crippen LogP contribution in [0.4, 0.5) is 5.69 Å². The van der Waals surface area contributed by atoms with Gasteiger partial charge in [0.05, 0.1) is 25.7 Å². The van der Waals surface area contributed by atoms with Crippen LogP contribution in [0.2, 0.25) is 0 Å². The average Bonchev–Trinajstić information content (AvgIpc) is 2.62. The molecular weight excluding hydrogens is 220 g/mol. The molecule has 2 aliphatic heterocycles. The van der Waals surface area contributed by atoms with Gasteiger partial charge in [0.25, 0.3) is 5.91 Å². The van der Waals surface area contributed by atoms with E-state index in [9.17, 15) is 9.59 Å². The summed E-state index contributed by atoms with van der Waals surface area (Å²) in [6, 6.07) is 5.40. The van der Waals surface area contributed by atoms with E-state index >= 15 is 0 Å². The molecule has 88 valence electrons. The Bertz CT molecular complexity index is 495. The summed E-state index contributed by atoms with van der Waals surface area (Å²) in [4.78, 5) is 23.0. The van der Waals surface area contributed by atoms with Crippen LogP contribution in [0.3, 0.4) is 0 Å². The fourth-order valence-corrected chi connectivity index (χ4v) is 1.94. The van der Waals surface area contributed by atoms with Crippen molar-refractivity contribution in [3.05, 3.63) is 29.3 Å². The maximum absolute atomic E-state index is 11.8. The highest BCUT2D eigenvalue weighted by molar-refractivity contribution is 6.02. The molecule has 5 heteroatoms. The molecule has 5 nitrogen and oxygen atoms in total. The van der Waals surface area contributed by atoms with E-state index in [0.29, 0.717) is 25.2 Å². The van der Waals surface area contributed by atoms with Crippen molar-refractivity contribution in [1.29, 1.82) is 0 Å². The number of carbonyl (C=O) groups excluding carboxylic acids is 2. The molecule has 17 heavy (non-hydrogen) atoms. The Morgan fingerprint density at radius 1 is 1.41 bits per heavy atom. The lowest BCUT2D eigenvalue weighted by Crippen LogP contribution is -2.48. The van der Waals surface area contributed by atoms with Gasteiger partial charge in [0.15, 0.2) is 0 Å². The third-order valence-electron chi connectivity index (χ3n) is 2.97. The van der Waals surface area contributed by atoms with Gasteiger partial charge in [-0.2, -0.15) is 0 Å². The molecule has 1 aromatic rings. The molecule has 0 aromatic heterocycles. The Balaban J connectivity index is 1.77. The van der Waals surface area contributed by atoms with Gasteiger partial charge in [0.2, 0.25) is 5.91 Å². The lowest BCUT2D eigenvalue weighted by molar-refractivity contribution is -0.115. The highest BCUT2D eigenvalue weighted by Crippen LogP contribution is 2.24. The molecule has 3 rings (SSSR count). The van der Waals surface area contributed by atoms with Crippen LogP contribution in [0.1, 0.15) is 15.9 Å². The lowest BCUT2D eigenvalue weighted by atomic mass is 10.1. The fraction of sp³-hybridized carbons (Fsp3) is 0.333. The number of fused-ring (bicyclic) bond motifs is 1. The Morgan fingerprint density at radius 3 is 2.94 bits per heavy atom. The van der Waals surface area contributed by atoms with E-state index in [4.69, 9.17) is 4.74 Å². The Hall–Kier alpha value is -1.88. The van der Waals surface area contributed by atoms with Crippen molar-refractivity contribution in [2.75, 3.05) is 18.5 Å². The van der Waals surface area contributed by atoms with Gasteiger partial charge >= 0.3 is 0 Å². The molecule has 2 heterocycles. The first-order chi connectivity index (χ1) is 8.22. The molecule has 2 aliphatic rings. The van der Waals surface area contributed by atoms with Crippen molar-refractivity contribution in [3.63, 3.8) is 0 Å². The van der Waals surface area contributed by atoms with Crippen molar-refractivity contribution < 1.29 is 14.3 Å². The van der Waals surface area contributed by atoms with Crippen LogP contribution in [0.15, 0.2) is 18.2 Å². The molecule has 2 N–H and O–H groups in total. The Morgan fingerprint density at radius 2 is 2.24 bits per heavy atom. The fourth-order valence-electron chi connectivity index (χ4n) is 1.94. The predicted molar refractivity (Wildman–Crippen MR) is 60.8 cm³/mol. The molecule has 1 fully saturated rings. The Labute approximate surface area is 98.1 Å². The first-order valence-electron chi connectivity index (χ1n) is 5.54. The SMILES string of the molecule is O=C1Cc2ccc(C(=O)NC3COC3)cc2N1. The van der Waals surface area contributed by atoms with E-state index in [1.165, 1.54) is 0 Å². The quantitative estimate of drug-likeness (QED) is 0.771. The zero-order valence-corrected chi connectivity index (χ0v) is 9.16. The largest absolute Gasteiger partial charge is 0.377 e. The summed E-state index contributed by atoms with van der Waals surface area (Å²) in [5.74, 6) is -0.146. The number of nitrogens with one attached hydrogen (secondary N) is 2. The summed E-state index contributed by atoms with van der Waals surface area (Å²) < 4.78 is 4.99. The molecule has 0 bridgehead atoms. The van der Waals surface area contributed by atoms with Gasteiger partial charge < -0.3 is 15.4 Å². The normalized spacial score (nSPS) is 18.2. The standard InChI is InChI=1S/C12H12N2O3/c15-11-4-7-1-2-8(3-10(7)14-11)12(16)13-9-5-17-6-9/h1-3,9H,4-6H2,(H,13,16)(H,14,15). The zero-order valence-electron chi connectivity index (χ0n) is 9.16. The van der Waals surface area contributed by atoms with Gasteiger partial charge in [0, 0.05) is 11.3 Å². The minimum Gasteiger partial charge on any atom is -0.377 e. The highest BCUT2D eigenvalue weighted by Gasteiger charge is 2.23. The number of hydrogen-bond donors (Lipinski definition) is 2. The second-order valence-corrected chi connectivity index (χ2v) is 4.30. The van der Waals surface area contributed by atoms with Crippen LogP contribution in [0.5, 0.6) is 0 Å². The first-order valence-corrected chi connectivity index (χ1v) is 5.54. The number of amides is 2. The van der Waals surface area contributed by atoms with E-state index in [1.807, 2.05) is 6.07 Å². The second-order valence-electron chi connectivity index (χ2n) is 4.30. The molecule has 0 atom stereocenters. The van der Waals surface area contributed by atoms with Crippen LogP contribution in [0.25, 0.3) is 0 Å². The summed E-state index contributed by atoms with van der Waals surface area (Å²) in [5.41, 5.74) is 2.25. The van der Waals surface area contributed by atoms with Crippen molar-refractivity contribution >= 4 is 17.5 Å². The maximum Gasteiger partial charge on any atom is 0.251 e. The minimum absolute atomic E-state index is 0.0232. The van der Waals surface area contributed by atoms with Crippen molar-refractivity contribution in [2.24, 2.45) is 0 Å². The van der Waals surface area contributed by atoms with Gasteiger partial charge in [-0.05, 0) is 17.7 Å². The van der Waals surface area contributed by atoms with Gasteiger partial charge in [-0.15, -0.1) is 0 Å². The van der Waals surface area contributed by atoms with E-state index in [0.717, 1.165) is 11.3 Å². The van der Waals surface area contributed by atoms with Crippen LogP contribution in [-0.2, 0) is 16.0 Å². The molecule has 0 saturated carbocycles. The highest BCUT2D eigenvalue weighted by atomic mass is 16.5. The third kappa shape index (κ3) is 1.89. The molecule has 1 saturated heterocycles. The smallest absolute Gasteiger partial charge is 0.251 e. The van der Waals surface area contributed by atoms with Gasteiger partial charge in [-0.3, -0.25) is 9.59 Å². The summed E-state index contributed by atoms with van der Waals surface area (Å²) >= 11 is 0. The third-order valence-corrected chi connectivity index (χ3v) is 2.97. The second kappa shape index (κ2) is 3.85. The summed E-state index contributed by atoms with van der Waals surface area (Å²) in [7, 11) is 0. The van der Waals surface area contributed by atoms with Gasteiger partial charge in [-0.25, -0.2) is 0 Å². The van der Waals surface area contributed by atoms with Crippen molar-refractivity contribution in [2.45, 2.75) is 12.5 Å². The van der Waals surface area contributed by atoms with Gasteiger partial charge in [0.1, 0.15) is 0 Å². The monoisotopic (exact) mass is 232 g/mol. The van der Waals surface area contributed by atoms with Crippen LogP contribution in [-0.4, -0.2) is 31.1 Å². The summed E-state index contributed by atoms with van der Waals surface area (Å²) in [6.45, 7) is 1.15. The lowest BCUT2D eigenvalue weighted by Gasteiger charge is -2.26. The topological polar surface area (TPSA) is 67.4 Å².